The van der Waals surface area contributed by atoms with Crippen LogP contribution in [-0.2, 0) is 65.8 Å². The molecule has 0 saturated carbocycles. The average Bonchev–Trinajstić information content (AvgIpc) is 0. The molecule has 0 aliphatic carbocycles. The van der Waals surface area contributed by atoms with E-state index in [4.69, 9.17) is 0 Å². The average molecular weight is 343 g/mol. The summed E-state index contributed by atoms with van der Waals surface area (Å²) >= 11 is 0. The van der Waals surface area contributed by atoms with E-state index in [2.05, 4.69) is 0 Å². The minimum absolute atomic E-state index is 0. The maximum Gasteiger partial charge on any atom is 3.00 e. The summed E-state index contributed by atoms with van der Waals surface area (Å²) in [5.74, 6) is 0. The van der Waals surface area contributed by atoms with Crippen LogP contribution >= 0.6 is 0 Å². The Hall–Kier alpha value is 1.55. The van der Waals surface area contributed by atoms with Crippen LogP contribution in [0, 0.1) is 0 Å². The van der Waals surface area contributed by atoms with Gasteiger partial charge in [-0.25, -0.2) is 0 Å². The van der Waals surface area contributed by atoms with Crippen LogP contribution < -0.4 is 0 Å². The standard InChI is InChI=1S/Al.Cr.5O.W/q2*+3;5*-2;. The molecule has 0 heterocycles. The van der Waals surface area contributed by atoms with Crippen molar-refractivity contribution in [3.8, 4) is 0 Å². The largest absolute Gasteiger partial charge is 3.00 e. The van der Waals surface area contributed by atoms with Crippen LogP contribution in [0.25, 0.3) is 0 Å². The molecule has 0 unspecified atom stereocenters. The Bertz CT molecular complexity index is 12.4. The second-order valence-corrected chi connectivity index (χ2v) is 0. The van der Waals surface area contributed by atoms with Gasteiger partial charge in [-0.3, -0.25) is 0 Å². The third-order valence-electron chi connectivity index (χ3n) is 0. The van der Waals surface area contributed by atoms with E-state index in [1.54, 1.807) is 0 Å². The normalized spacial score (nSPS) is 0. The van der Waals surface area contributed by atoms with Crippen LogP contribution in [0.1, 0.15) is 0 Å². The molecule has 0 aromatic carbocycles. The van der Waals surface area contributed by atoms with E-state index in [0.29, 0.717) is 0 Å². The van der Waals surface area contributed by atoms with Gasteiger partial charge in [-0.05, 0) is 0 Å². The van der Waals surface area contributed by atoms with E-state index in [1.165, 1.54) is 0 Å². The molecule has 0 aromatic heterocycles. The summed E-state index contributed by atoms with van der Waals surface area (Å²) in [6, 6.07) is 0. The van der Waals surface area contributed by atoms with Crippen LogP contribution in [0.3, 0.4) is 0 Å². The Labute approximate surface area is 82.9 Å². The molecule has 0 spiro atoms. The Morgan fingerprint density at radius 1 is 0.500 bits per heavy atom. The van der Waals surface area contributed by atoms with E-state index in [1.807, 2.05) is 0 Å². The zero-order valence-corrected chi connectivity index (χ0v) is 8.80. The molecule has 0 aromatic rings. The van der Waals surface area contributed by atoms with Crippen LogP contribution in [0.4, 0.5) is 0 Å². The molecule has 8 heavy (non-hydrogen) atoms. The van der Waals surface area contributed by atoms with Crippen LogP contribution in [0.15, 0.2) is 0 Å². The second kappa shape index (κ2) is 202. The van der Waals surface area contributed by atoms with Crippen LogP contribution in [-0.4, -0.2) is 17.4 Å². The Morgan fingerprint density at radius 2 is 0.500 bits per heavy atom. The van der Waals surface area contributed by atoms with Crippen molar-refractivity contribution in [2.45, 2.75) is 0 Å². The molecule has 0 aliphatic rings. The predicted octanol–water partition coefficient (Wildman–Crippen LogP) is -0.980. The predicted molar refractivity (Wildman–Crippen MR) is 9.19 cm³/mol. The molecular weight excluding hydrogens is 343 g/mol. The summed E-state index contributed by atoms with van der Waals surface area (Å²) in [5.41, 5.74) is 0. The molecule has 0 fully saturated rings. The van der Waals surface area contributed by atoms with Crippen LogP contribution in [0.5, 0.6) is 0 Å². The minimum atomic E-state index is 0. The molecule has 0 bridgehead atoms. The first-order chi connectivity index (χ1) is 0. The van der Waals surface area contributed by atoms with Crippen molar-refractivity contribution >= 4 is 17.4 Å². The summed E-state index contributed by atoms with van der Waals surface area (Å²) < 4.78 is 0. The van der Waals surface area contributed by atoms with E-state index >= 15 is 0 Å². The fraction of sp³-hybridized carbons (Fsp3) is 0. The monoisotopic (exact) mass is 343 g/mol. The molecule has 0 N–H and O–H groups in total. The molecular formula is AlCrO5W-4. The van der Waals surface area contributed by atoms with E-state index in [-0.39, 0.29) is 83.2 Å². The Morgan fingerprint density at radius 3 is 0.500 bits per heavy atom. The zero-order chi connectivity index (χ0) is 0. The Balaban J connectivity index is 0. The third kappa shape index (κ3) is 134. The van der Waals surface area contributed by atoms with Gasteiger partial charge < -0.3 is 27.4 Å². The second-order valence-electron chi connectivity index (χ2n) is 0. The van der Waals surface area contributed by atoms with Crippen molar-refractivity contribution in [2.24, 2.45) is 0 Å². The molecule has 0 amide bonds. The van der Waals surface area contributed by atoms with Crippen molar-refractivity contribution in [2.75, 3.05) is 0 Å². The van der Waals surface area contributed by atoms with Gasteiger partial charge in [-0.2, -0.15) is 0 Å². The topological polar surface area (TPSA) is 142 Å². The van der Waals surface area contributed by atoms with Crippen molar-refractivity contribution in [1.29, 1.82) is 0 Å². The van der Waals surface area contributed by atoms with Gasteiger partial charge in [0.1, 0.15) is 0 Å². The summed E-state index contributed by atoms with van der Waals surface area (Å²) in [6.07, 6.45) is 0. The first kappa shape index (κ1) is 290. The first-order valence-electron chi connectivity index (χ1n) is 0. The summed E-state index contributed by atoms with van der Waals surface area (Å²) in [5, 5.41) is 0. The van der Waals surface area contributed by atoms with E-state index in [0.717, 1.165) is 0 Å². The van der Waals surface area contributed by atoms with Crippen molar-refractivity contribution in [3.63, 3.8) is 0 Å². The first-order valence-corrected chi connectivity index (χ1v) is 0. The minimum Gasteiger partial charge on any atom is -2.00 e. The van der Waals surface area contributed by atoms with Crippen LogP contribution in [0.2, 0.25) is 0 Å². The van der Waals surface area contributed by atoms with Crippen molar-refractivity contribution in [3.05, 3.63) is 0 Å². The molecule has 0 saturated heterocycles. The summed E-state index contributed by atoms with van der Waals surface area (Å²) in [7, 11) is 0. The van der Waals surface area contributed by atoms with Crippen molar-refractivity contribution in [1.82, 2.24) is 0 Å². The van der Waals surface area contributed by atoms with Crippen molar-refractivity contribution < 1.29 is 65.8 Å². The molecule has 0 atom stereocenters. The fourth-order valence-electron chi connectivity index (χ4n) is 0. The summed E-state index contributed by atoms with van der Waals surface area (Å²) in [6.45, 7) is 0. The molecule has 0 rings (SSSR count). The van der Waals surface area contributed by atoms with Gasteiger partial charge in [0, 0.05) is 21.1 Å². The van der Waals surface area contributed by atoms with Gasteiger partial charge >= 0.3 is 34.7 Å². The smallest absolute Gasteiger partial charge is 2.00 e. The molecule has 5 nitrogen and oxygen atoms in total. The molecule has 8 heteroatoms. The van der Waals surface area contributed by atoms with Gasteiger partial charge in [-0.15, -0.1) is 0 Å². The summed E-state index contributed by atoms with van der Waals surface area (Å²) in [4.78, 5) is 0. The number of hydrogen-bond acceptors (Lipinski definition) is 0. The molecule has 0 aliphatic heterocycles. The number of hydrogen-bond donors (Lipinski definition) is 0. The molecule has 1 radical (unpaired) electrons. The van der Waals surface area contributed by atoms with Gasteiger partial charge in [0.05, 0.1) is 0 Å². The quantitative estimate of drug-likeness (QED) is 0.499. The zero-order valence-electron chi connectivity index (χ0n) is 3.44. The fourth-order valence-corrected chi connectivity index (χ4v) is 0. The Kier molecular flexibility index (Phi) is 7320. The van der Waals surface area contributed by atoms with Gasteiger partial charge in [0.25, 0.3) is 0 Å². The van der Waals surface area contributed by atoms with E-state index < -0.39 is 0 Å². The molecule has 49 valence electrons. The maximum atomic E-state index is 0. The van der Waals surface area contributed by atoms with Gasteiger partial charge in [0.15, 0.2) is 0 Å². The third-order valence-corrected chi connectivity index (χ3v) is 0. The van der Waals surface area contributed by atoms with Gasteiger partial charge in [-0.1, -0.05) is 0 Å². The maximum absolute atomic E-state index is 0. The SMILES string of the molecule is [Al+3].[Cr+3].[O-2].[O-2].[O-2].[O-2].[O-2].[W]. The van der Waals surface area contributed by atoms with Gasteiger partial charge in [0.2, 0.25) is 0 Å². The van der Waals surface area contributed by atoms with E-state index in [9.17, 15) is 0 Å². The number of rotatable bonds is 0.